The number of rotatable bonds is 8. The molecule has 0 saturated heterocycles. The van der Waals surface area contributed by atoms with Crippen molar-refractivity contribution in [3.8, 4) is 0 Å². The first kappa shape index (κ1) is 23.3. The highest BCUT2D eigenvalue weighted by atomic mass is 79.9. The zero-order valence-electron chi connectivity index (χ0n) is 19.2. The van der Waals surface area contributed by atoms with Crippen molar-refractivity contribution >= 4 is 33.6 Å². The van der Waals surface area contributed by atoms with Crippen molar-refractivity contribution in [2.24, 2.45) is 23.2 Å². The maximum Gasteiger partial charge on any atom is 0.329 e. The van der Waals surface area contributed by atoms with Crippen molar-refractivity contribution in [2.75, 3.05) is 6.61 Å². The number of ketones is 1. The number of carbonyl (C=O) groups excluding carboxylic acids is 3. The van der Waals surface area contributed by atoms with Crippen molar-refractivity contribution < 1.29 is 19.1 Å². The van der Waals surface area contributed by atoms with E-state index >= 15 is 0 Å². The molecule has 5 nitrogen and oxygen atoms in total. The Morgan fingerprint density at radius 3 is 2.09 bits per heavy atom. The van der Waals surface area contributed by atoms with Gasteiger partial charge in [0.25, 0.3) is 0 Å². The molecule has 0 aliphatic heterocycles. The van der Waals surface area contributed by atoms with Gasteiger partial charge in [-0.3, -0.25) is 9.59 Å². The lowest BCUT2D eigenvalue weighted by molar-refractivity contribution is -0.153. The number of esters is 1. The topological polar surface area (TPSA) is 72.5 Å². The lowest BCUT2D eigenvalue weighted by Crippen LogP contribution is -2.56. The largest absolute Gasteiger partial charge is 0.456 e. The van der Waals surface area contributed by atoms with Crippen molar-refractivity contribution in [3.63, 3.8) is 0 Å². The van der Waals surface area contributed by atoms with E-state index in [2.05, 4.69) is 21.2 Å². The zero-order valence-corrected chi connectivity index (χ0v) is 20.8. The van der Waals surface area contributed by atoms with Crippen LogP contribution < -0.4 is 5.32 Å². The molecular weight excluding hydrogens is 494 g/mol. The Morgan fingerprint density at radius 1 is 0.912 bits per heavy atom. The van der Waals surface area contributed by atoms with Crippen LogP contribution in [-0.4, -0.2) is 30.3 Å². The fourth-order valence-electron chi connectivity index (χ4n) is 6.70. The summed E-state index contributed by atoms with van der Waals surface area (Å²) in [5.74, 6) is 1.07. The number of hydrogen-bond donors (Lipinski definition) is 1. The first-order chi connectivity index (χ1) is 16.4. The third-order valence-corrected chi connectivity index (χ3v) is 8.43. The Balaban J connectivity index is 1.28. The first-order valence-electron chi connectivity index (χ1n) is 12.2. The van der Waals surface area contributed by atoms with Gasteiger partial charge >= 0.3 is 5.97 Å². The molecule has 1 atom stereocenters. The van der Waals surface area contributed by atoms with Gasteiger partial charge in [0, 0.05) is 21.9 Å². The molecule has 4 fully saturated rings. The number of halogens is 1. The van der Waals surface area contributed by atoms with Crippen LogP contribution in [0.25, 0.3) is 0 Å². The van der Waals surface area contributed by atoms with Crippen LogP contribution in [0.2, 0.25) is 0 Å². The average molecular weight is 524 g/mol. The molecule has 0 radical (unpaired) electrons. The van der Waals surface area contributed by atoms with Gasteiger partial charge in [-0.2, -0.15) is 0 Å². The Bertz CT molecular complexity index is 1030. The number of benzene rings is 2. The molecule has 4 saturated carbocycles. The molecule has 4 aliphatic carbocycles. The van der Waals surface area contributed by atoms with Gasteiger partial charge in [0.2, 0.25) is 5.91 Å². The second kappa shape index (κ2) is 9.65. The first-order valence-corrected chi connectivity index (χ1v) is 13.0. The number of nitrogens with one attached hydrogen (secondary N) is 1. The van der Waals surface area contributed by atoms with Gasteiger partial charge in [-0.15, -0.1) is 0 Å². The van der Waals surface area contributed by atoms with Gasteiger partial charge in [0.15, 0.2) is 12.4 Å². The van der Waals surface area contributed by atoms with Gasteiger partial charge in [0.1, 0.15) is 6.04 Å². The predicted molar refractivity (Wildman–Crippen MR) is 132 cm³/mol. The summed E-state index contributed by atoms with van der Waals surface area (Å²) in [5, 5.41) is 3.06. The Hall–Kier alpha value is -2.47. The van der Waals surface area contributed by atoms with Crippen LogP contribution in [-0.2, 0) is 20.7 Å². The predicted octanol–water partition coefficient (Wildman–Crippen LogP) is 5.12. The minimum atomic E-state index is -0.819. The van der Waals surface area contributed by atoms with Gasteiger partial charge in [-0.05, 0) is 74.0 Å². The van der Waals surface area contributed by atoms with Gasteiger partial charge in [-0.25, -0.2) is 4.79 Å². The Kier molecular flexibility index (Phi) is 6.61. The van der Waals surface area contributed by atoms with Crippen LogP contribution in [0.3, 0.4) is 0 Å². The van der Waals surface area contributed by atoms with E-state index in [1.807, 2.05) is 30.3 Å². The minimum absolute atomic E-state index is 0.0104. The van der Waals surface area contributed by atoms with E-state index in [4.69, 9.17) is 4.74 Å². The summed E-state index contributed by atoms with van der Waals surface area (Å²) in [7, 11) is 0. The number of carbonyl (C=O) groups is 3. The number of amides is 1. The van der Waals surface area contributed by atoms with Gasteiger partial charge < -0.3 is 10.1 Å². The molecule has 4 aliphatic rings. The molecule has 1 amide bonds. The fourth-order valence-corrected chi connectivity index (χ4v) is 6.96. The van der Waals surface area contributed by atoms with Crippen LogP contribution in [0, 0.1) is 23.2 Å². The van der Waals surface area contributed by atoms with E-state index in [0.717, 1.165) is 29.3 Å². The fraction of sp³-hybridized carbons (Fsp3) is 0.464. The molecule has 0 aromatic heterocycles. The van der Waals surface area contributed by atoms with Crippen molar-refractivity contribution in [3.05, 3.63) is 70.2 Å². The highest BCUT2D eigenvalue weighted by Gasteiger charge is 2.55. The maximum absolute atomic E-state index is 13.6. The summed E-state index contributed by atoms with van der Waals surface area (Å²) in [4.78, 5) is 39.2. The van der Waals surface area contributed by atoms with E-state index in [0.29, 0.717) is 29.7 Å². The van der Waals surface area contributed by atoms with Crippen molar-refractivity contribution in [1.29, 1.82) is 0 Å². The van der Waals surface area contributed by atoms with E-state index in [9.17, 15) is 14.4 Å². The second-order valence-corrected chi connectivity index (χ2v) is 11.4. The minimum Gasteiger partial charge on any atom is -0.456 e. The lowest BCUT2D eigenvalue weighted by Gasteiger charge is -2.55. The molecule has 0 spiro atoms. The summed E-state index contributed by atoms with van der Waals surface area (Å²) in [6, 6.07) is 15.7. The van der Waals surface area contributed by atoms with Gasteiger partial charge in [-0.1, -0.05) is 58.4 Å². The third kappa shape index (κ3) is 4.97. The monoisotopic (exact) mass is 523 g/mol. The number of ether oxygens (including phenoxy) is 1. The number of Topliss-reactive ketones (excluding diaryl/α,β-unsaturated/α-hetero) is 1. The lowest BCUT2D eigenvalue weighted by atomic mass is 9.49. The van der Waals surface area contributed by atoms with Crippen molar-refractivity contribution in [2.45, 2.75) is 51.0 Å². The van der Waals surface area contributed by atoms with E-state index in [-0.39, 0.29) is 23.7 Å². The molecule has 2 aromatic rings. The number of hydrogen-bond acceptors (Lipinski definition) is 4. The molecule has 6 rings (SSSR count). The van der Waals surface area contributed by atoms with E-state index in [1.165, 1.54) is 19.3 Å². The Labute approximate surface area is 208 Å². The quantitative estimate of drug-likeness (QED) is 0.385. The van der Waals surface area contributed by atoms with Crippen LogP contribution in [0.5, 0.6) is 0 Å². The smallest absolute Gasteiger partial charge is 0.329 e. The molecule has 34 heavy (non-hydrogen) atoms. The molecule has 6 heteroatoms. The van der Waals surface area contributed by atoms with Crippen LogP contribution >= 0.6 is 15.9 Å². The van der Waals surface area contributed by atoms with Crippen LogP contribution in [0.1, 0.15) is 54.4 Å². The highest BCUT2D eigenvalue weighted by Crippen LogP contribution is 2.60. The van der Waals surface area contributed by atoms with E-state index in [1.54, 1.807) is 24.3 Å². The third-order valence-electron chi connectivity index (χ3n) is 7.90. The summed E-state index contributed by atoms with van der Waals surface area (Å²) >= 11 is 3.35. The molecule has 2 aromatic carbocycles. The molecule has 1 N–H and O–H groups in total. The Morgan fingerprint density at radius 2 is 1.50 bits per heavy atom. The molecular formula is C28H30BrNO4. The molecule has 4 bridgehead atoms. The standard InChI is InChI=1S/C28H30BrNO4/c29-23-8-6-22(7-9-23)25(31)17-34-26(32)24(13-18-4-2-1-3-5-18)30-27(33)28-14-19-10-20(15-28)12-21(11-19)16-28/h1-9,19-21,24H,10-17H2,(H,30,33). The van der Waals surface area contributed by atoms with E-state index < -0.39 is 12.0 Å². The van der Waals surface area contributed by atoms with Crippen molar-refractivity contribution in [1.82, 2.24) is 5.32 Å². The second-order valence-electron chi connectivity index (χ2n) is 10.5. The average Bonchev–Trinajstić information content (AvgIpc) is 2.82. The molecule has 0 heterocycles. The normalized spacial score (nSPS) is 27.7. The maximum atomic E-state index is 13.6. The summed E-state index contributed by atoms with van der Waals surface area (Å²) in [5.41, 5.74) is 1.07. The summed E-state index contributed by atoms with van der Waals surface area (Å²) in [6.07, 6.45) is 6.88. The van der Waals surface area contributed by atoms with Crippen LogP contribution in [0.15, 0.2) is 59.1 Å². The van der Waals surface area contributed by atoms with Gasteiger partial charge in [0.05, 0.1) is 0 Å². The highest BCUT2D eigenvalue weighted by molar-refractivity contribution is 9.10. The summed E-state index contributed by atoms with van der Waals surface area (Å²) in [6.45, 7) is -0.348. The zero-order chi connectivity index (χ0) is 23.7. The molecule has 1 unspecified atom stereocenters. The SMILES string of the molecule is O=C(COC(=O)C(Cc1ccccc1)NC(=O)C12CC3CC(CC(C3)C1)C2)c1ccc(Br)cc1. The summed E-state index contributed by atoms with van der Waals surface area (Å²) < 4.78 is 6.30. The van der Waals surface area contributed by atoms with Crippen LogP contribution in [0.4, 0.5) is 0 Å². The molecule has 178 valence electrons.